The molecule has 0 aromatic rings. The van der Waals surface area contributed by atoms with Gasteiger partial charge in [0.25, 0.3) is 0 Å². The standard InChI is InChI=1S/C38H62N2O8/c1-7-28(42)48-31(22(3)41)24-16-21(2)30-32(46-24)33(43)38(39)26-9-8-25-34(4,5)27(47-29-17-40(14-15-45-29)23-18-44-19-23)10-11-36(25)20-37(26,36)13-12-35(30,38)6/h21-27,29-33,41,43H,7-20,39H2,1-6H3. The van der Waals surface area contributed by atoms with Crippen LogP contribution in [0.3, 0.4) is 0 Å². The molecule has 0 amide bonds. The number of esters is 1. The Bertz CT molecular complexity index is 1260. The van der Waals surface area contributed by atoms with Crippen LogP contribution in [-0.2, 0) is 28.5 Å². The second-order valence-electron chi connectivity index (χ2n) is 18.4. The monoisotopic (exact) mass is 674 g/mol. The number of aliphatic hydroxyl groups excluding tert-OH is 2. The number of nitrogens with zero attached hydrogens (tertiary/aromatic N) is 1. The summed E-state index contributed by atoms with van der Waals surface area (Å²) in [7, 11) is 0. The van der Waals surface area contributed by atoms with Crippen molar-refractivity contribution in [2.24, 2.45) is 51.1 Å². The summed E-state index contributed by atoms with van der Waals surface area (Å²) < 4.78 is 31.0. The number of hydrogen-bond donors (Lipinski definition) is 3. The maximum atomic E-state index is 12.4. The number of hydrogen-bond acceptors (Lipinski definition) is 10. The molecule has 15 atom stereocenters. The fraction of sp³-hybridized carbons (Fsp3) is 0.974. The van der Waals surface area contributed by atoms with E-state index in [4.69, 9.17) is 29.4 Å². The number of aliphatic hydroxyl groups is 2. The normalized spacial score (nSPS) is 52.4. The molecule has 48 heavy (non-hydrogen) atoms. The van der Waals surface area contributed by atoms with Crippen molar-refractivity contribution in [1.82, 2.24) is 4.90 Å². The highest BCUT2D eigenvalue weighted by Crippen LogP contribution is 2.87. The Morgan fingerprint density at radius 2 is 1.81 bits per heavy atom. The highest BCUT2D eigenvalue weighted by Gasteiger charge is 2.85. The van der Waals surface area contributed by atoms with E-state index >= 15 is 0 Å². The predicted molar refractivity (Wildman–Crippen MR) is 178 cm³/mol. The lowest BCUT2D eigenvalue weighted by Crippen LogP contribution is -2.70. The SMILES string of the molecule is CCC(=O)OC(C(C)O)C1CC(C)C2C(O1)C(O)C1(N)C3CCC4C(C)(C)C(OC5CN(C6COC6)CCO5)CCC45CC35CCC21C. The van der Waals surface area contributed by atoms with E-state index in [9.17, 15) is 15.0 Å². The molecule has 0 aromatic heterocycles. The largest absolute Gasteiger partial charge is 0.457 e. The Hall–Kier alpha value is -0.850. The van der Waals surface area contributed by atoms with Crippen molar-refractivity contribution in [3.63, 3.8) is 0 Å². The minimum Gasteiger partial charge on any atom is -0.457 e. The van der Waals surface area contributed by atoms with Crippen molar-refractivity contribution in [2.45, 2.75) is 154 Å². The molecule has 272 valence electrons. The van der Waals surface area contributed by atoms with Gasteiger partial charge in [-0.25, -0.2) is 0 Å². The molecule has 0 radical (unpaired) electrons. The molecule has 0 aromatic carbocycles. The average molecular weight is 675 g/mol. The van der Waals surface area contributed by atoms with E-state index in [1.54, 1.807) is 13.8 Å². The zero-order chi connectivity index (χ0) is 34.0. The van der Waals surface area contributed by atoms with E-state index in [0.29, 0.717) is 25.0 Å². The van der Waals surface area contributed by atoms with E-state index in [0.717, 1.165) is 64.8 Å². The third-order valence-electron chi connectivity index (χ3n) is 16.2. The van der Waals surface area contributed by atoms with Crippen molar-refractivity contribution in [2.75, 3.05) is 32.9 Å². The quantitative estimate of drug-likeness (QED) is 0.344. The number of fused-ring (bicyclic) bond motifs is 4. The van der Waals surface area contributed by atoms with Crippen LogP contribution in [0, 0.1) is 45.3 Å². The summed E-state index contributed by atoms with van der Waals surface area (Å²) in [6.45, 7) is 17.0. The van der Waals surface area contributed by atoms with Crippen molar-refractivity contribution >= 4 is 5.97 Å². The molecule has 8 rings (SSSR count). The number of ether oxygens (including phenoxy) is 5. The van der Waals surface area contributed by atoms with E-state index in [1.807, 2.05) is 0 Å². The van der Waals surface area contributed by atoms with Crippen molar-refractivity contribution in [1.29, 1.82) is 0 Å². The van der Waals surface area contributed by atoms with Crippen LogP contribution in [-0.4, -0.2) is 108 Å². The van der Waals surface area contributed by atoms with Gasteiger partial charge in [0.15, 0.2) is 12.4 Å². The molecule has 10 nitrogen and oxygen atoms in total. The molecule has 8 fully saturated rings. The third-order valence-corrected chi connectivity index (χ3v) is 16.2. The van der Waals surface area contributed by atoms with Crippen LogP contribution in [0.1, 0.15) is 99.3 Å². The highest BCUT2D eigenvalue weighted by atomic mass is 16.7. The van der Waals surface area contributed by atoms with Crippen LogP contribution in [0.25, 0.3) is 0 Å². The zero-order valence-electron chi connectivity index (χ0n) is 30.2. The van der Waals surface area contributed by atoms with Gasteiger partial charge in [-0.3, -0.25) is 9.69 Å². The van der Waals surface area contributed by atoms with Crippen LogP contribution in [0.5, 0.6) is 0 Å². The van der Waals surface area contributed by atoms with Crippen LogP contribution >= 0.6 is 0 Å². The van der Waals surface area contributed by atoms with E-state index < -0.39 is 36.1 Å². The molecule has 4 N–H and O–H groups in total. The Morgan fingerprint density at radius 3 is 2.50 bits per heavy atom. The molecule has 5 saturated carbocycles. The van der Waals surface area contributed by atoms with E-state index in [1.165, 1.54) is 6.42 Å². The Labute approximate surface area is 287 Å². The number of nitrogens with two attached hydrogens (primary N) is 1. The second kappa shape index (κ2) is 11.6. The lowest BCUT2D eigenvalue weighted by atomic mass is 9.43. The minimum absolute atomic E-state index is 0.0134. The summed E-state index contributed by atoms with van der Waals surface area (Å²) in [5.74, 6) is 0.749. The molecule has 0 bridgehead atoms. The summed E-state index contributed by atoms with van der Waals surface area (Å²) in [4.78, 5) is 14.8. The van der Waals surface area contributed by atoms with Gasteiger partial charge < -0.3 is 39.6 Å². The Balaban J connectivity index is 1.02. The lowest BCUT2D eigenvalue weighted by molar-refractivity contribution is -0.254. The molecular formula is C38H62N2O8. The van der Waals surface area contributed by atoms with Gasteiger partial charge in [0.2, 0.25) is 0 Å². The molecule has 3 aliphatic heterocycles. The van der Waals surface area contributed by atoms with Gasteiger partial charge in [0.05, 0.1) is 68.5 Å². The molecule has 8 aliphatic rings. The molecule has 2 spiro atoms. The maximum Gasteiger partial charge on any atom is 0.305 e. The average Bonchev–Trinajstić information content (AvgIpc) is 3.65. The fourth-order valence-corrected chi connectivity index (χ4v) is 13.8. The predicted octanol–water partition coefficient (Wildman–Crippen LogP) is 3.64. The first-order valence-corrected chi connectivity index (χ1v) is 19.3. The number of rotatable bonds is 7. The topological polar surface area (TPSA) is 133 Å². The van der Waals surface area contributed by atoms with Crippen LogP contribution in [0.15, 0.2) is 0 Å². The Kier molecular flexibility index (Phi) is 8.26. The first kappa shape index (κ1) is 34.2. The van der Waals surface area contributed by atoms with Gasteiger partial charge in [0.1, 0.15) is 0 Å². The Morgan fingerprint density at radius 1 is 1.08 bits per heavy atom. The van der Waals surface area contributed by atoms with E-state index in [2.05, 4.69) is 32.6 Å². The molecule has 10 heteroatoms. The van der Waals surface area contributed by atoms with Gasteiger partial charge in [-0.1, -0.05) is 34.6 Å². The minimum atomic E-state index is -0.870. The van der Waals surface area contributed by atoms with E-state index in [-0.39, 0.29) is 64.2 Å². The fourth-order valence-electron chi connectivity index (χ4n) is 13.8. The summed E-state index contributed by atoms with van der Waals surface area (Å²) in [5, 5.41) is 23.1. The molecule has 15 unspecified atom stereocenters. The van der Waals surface area contributed by atoms with Gasteiger partial charge >= 0.3 is 5.97 Å². The molecule has 3 saturated heterocycles. The van der Waals surface area contributed by atoms with Crippen molar-refractivity contribution in [3.8, 4) is 0 Å². The zero-order valence-corrected chi connectivity index (χ0v) is 30.2. The smallest absolute Gasteiger partial charge is 0.305 e. The highest BCUT2D eigenvalue weighted by molar-refractivity contribution is 5.69. The maximum absolute atomic E-state index is 12.4. The summed E-state index contributed by atoms with van der Waals surface area (Å²) in [5.41, 5.74) is 7.16. The van der Waals surface area contributed by atoms with Gasteiger partial charge in [-0.05, 0) is 104 Å². The van der Waals surface area contributed by atoms with Crippen LogP contribution in [0.4, 0.5) is 0 Å². The van der Waals surface area contributed by atoms with Gasteiger partial charge in [0, 0.05) is 13.0 Å². The lowest BCUT2D eigenvalue weighted by Gasteiger charge is -2.63. The molecule has 3 heterocycles. The first-order chi connectivity index (χ1) is 22.7. The van der Waals surface area contributed by atoms with Crippen molar-refractivity contribution in [3.05, 3.63) is 0 Å². The van der Waals surface area contributed by atoms with Gasteiger partial charge in [-0.15, -0.1) is 0 Å². The first-order valence-electron chi connectivity index (χ1n) is 19.3. The molecule has 5 aliphatic carbocycles. The number of carbonyl (C=O) groups is 1. The molecular weight excluding hydrogens is 612 g/mol. The number of morpholine rings is 1. The van der Waals surface area contributed by atoms with Crippen LogP contribution in [0.2, 0.25) is 0 Å². The summed E-state index contributed by atoms with van der Waals surface area (Å²) >= 11 is 0. The van der Waals surface area contributed by atoms with Crippen LogP contribution < -0.4 is 5.73 Å². The second-order valence-corrected chi connectivity index (χ2v) is 18.4. The van der Waals surface area contributed by atoms with Gasteiger partial charge in [-0.2, -0.15) is 0 Å². The number of carbonyl (C=O) groups excluding carboxylic acids is 1. The summed E-state index contributed by atoms with van der Waals surface area (Å²) in [6.07, 6.45) is 5.16. The van der Waals surface area contributed by atoms with Crippen molar-refractivity contribution < 1.29 is 38.7 Å². The summed E-state index contributed by atoms with van der Waals surface area (Å²) in [6, 6.07) is 0.497. The third kappa shape index (κ3) is 4.55.